The summed E-state index contributed by atoms with van der Waals surface area (Å²) in [4.78, 5) is 10.8. The second kappa shape index (κ2) is 3.04. The van der Waals surface area contributed by atoms with Crippen LogP contribution >= 0.6 is 11.6 Å². The van der Waals surface area contributed by atoms with Gasteiger partial charge in [-0.05, 0) is 42.5 Å². The van der Waals surface area contributed by atoms with Crippen molar-refractivity contribution < 1.29 is 9.90 Å². The van der Waals surface area contributed by atoms with Gasteiger partial charge in [-0.2, -0.15) is 0 Å². The predicted octanol–water partition coefficient (Wildman–Crippen LogP) is 2.92. The summed E-state index contributed by atoms with van der Waals surface area (Å²) in [6.07, 6.45) is 2.17. The van der Waals surface area contributed by atoms with Crippen LogP contribution in [0.3, 0.4) is 0 Å². The fourth-order valence-electron chi connectivity index (χ4n) is 1.46. The molecule has 0 unspecified atom stereocenters. The molecule has 1 fully saturated rings. The molecular weight excluding hydrogens is 188 g/mol. The van der Waals surface area contributed by atoms with Crippen LogP contribution in [-0.4, -0.2) is 11.1 Å². The Hall–Kier alpha value is -1.02. The van der Waals surface area contributed by atoms with Crippen molar-refractivity contribution in [2.24, 2.45) is 0 Å². The lowest BCUT2D eigenvalue weighted by Gasteiger charge is -2.03. The molecule has 0 amide bonds. The highest BCUT2D eigenvalue weighted by atomic mass is 35.5. The van der Waals surface area contributed by atoms with E-state index in [-0.39, 0.29) is 0 Å². The number of rotatable bonds is 2. The highest BCUT2D eigenvalue weighted by Gasteiger charge is 2.27. The lowest BCUT2D eigenvalue weighted by atomic mass is 10.0. The van der Waals surface area contributed by atoms with Crippen LogP contribution < -0.4 is 0 Å². The summed E-state index contributed by atoms with van der Waals surface area (Å²) in [6.45, 7) is 0. The largest absolute Gasteiger partial charge is 0.478 e. The first-order chi connectivity index (χ1) is 6.18. The monoisotopic (exact) mass is 196 g/mol. The minimum atomic E-state index is -0.862. The maximum atomic E-state index is 10.8. The highest BCUT2D eigenvalue weighted by molar-refractivity contribution is 6.30. The van der Waals surface area contributed by atoms with Crippen LogP contribution in [0.2, 0.25) is 5.02 Å². The molecule has 2 rings (SSSR count). The molecule has 0 bridgehead atoms. The maximum absolute atomic E-state index is 10.8. The molecule has 1 aromatic rings. The predicted molar refractivity (Wildman–Crippen MR) is 50.4 cm³/mol. The number of benzene rings is 1. The lowest BCUT2D eigenvalue weighted by molar-refractivity contribution is 0.0695. The van der Waals surface area contributed by atoms with Gasteiger partial charge < -0.3 is 5.11 Å². The van der Waals surface area contributed by atoms with E-state index in [1.807, 2.05) is 0 Å². The van der Waals surface area contributed by atoms with Crippen LogP contribution in [-0.2, 0) is 0 Å². The van der Waals surface area contributed by atoms with E-state index in [1.54, 1.807) is 18.2 Å². The zero-order chi connectivity index (χ0) is 9.42. The normalized spacial score (nSPS) is 15.8. The standard InChI is InChI=1S/C10H9ClO2/c11-7-3-4-8(10(12)13)9(5-7)6-1-2-6/h3-6H,1-2H2,(H,12,13). The van der Waals surface area contributed by atoms with Gasteiger partial charge in [0.2, 0.25) is 0 Å². The Bertz CT molecular complexity index is 356. The van der Waals surface area contributed by atoms with Crippen LogP contribution in [0.1, 0.15) is 34.7 Å². The van der Waals surface area contributed by atoms with Crippen molar-refractivity contribution in [3.8, 4) is 0 Å². The molecule has 0 aromatic heterocycles. The van der Waals surface area contributed by atoms with Crippen LogP contribution in [0.4, 0.5) is 0 Å². The third-order valence-corrected chi connectivity index (χ3v) is 2.50. The number of carbonyl (C=O) groups is 1. The van der Waals surface area contributed by atoms with Gasteiger partial charge in [-0.3, -0.25) is 0 Å². The minimum Gasteiger partial charge on any atom is -0.478 e. The van der Waals surface area contributed by atoms with E-state index >= 15 is 0 Å². The Balaban J connectivity index is 2.47. The fraction of sp³-hybridized carbons (Fsp3) is 0.300. The molecule has 0 aliphatic heterocycles. The summed E-state index contributed by atoms with van der Waals surface area (Å²) in [5.74, 6) is -0.441. The van der Waals surface area contributed by atoms with Crippen molar-refractivity contribution in [2.75, 3.05) is 0 Å². The van der Waals surface area contributed by atoms with Crippen molar-refractivity contribution in [2.45, 2.75) is 18.8 Å². The zero-order valence-corrected chi connectivity index (χ0v) is 7.71. The van der Waals surface area contributed by atoms with E-state index in [9.17, 15) is 4.79 Å². The van der Waals surface area contributed by atoms with Gasteiger partial charge in [0.15, 0.2) is 0 Å². The van der Waals surface area contributed by atoms with Gasteiger partial charge in [-0.1, -0.05) is 11.6 Å². The van der Waals surface area contributed by atoms with Crippen molar-refractivity contribution >= 4 is 17.6 Å². The molecule has 1 saturated carbocycles. The minimum absolute atomic E-state index is 0.395. The van der Waals surface area contributed by atoms with Gasteiger partial charge in [0.25, 0.3) is 0 Å². The fourth-order valence-corrected chi connectivity index (χ4v) is 1.64. The van der Waals surface area contributed by atoms with Gasteiger partial charge in [0.05, 0.1) is 5.56 Å². The van der Waals surface area contributed by atoms with E-state index < -0.39 is 5.97 Å². The van der Waals surface area contributed by atoms with E-state index in [1.165, 1.54) is 0 Å². The van der Waals surface area contributed by atoms with Crippen LogP contribution in [0, 0.1) is 0 Å². The average Bonchev–Trinajstić information content (AvgIpc) is 2.85. The molecule has 1 aliphatic rings. The molecule has 68 valence electrons. The Morgan fingerprint density at radius 3 is 2.69 bits per heavy atom. The molecule has 3 heteroatoms. The molecule has 0 radical (unpaired) electrons. The Morgan fingerprint density at radius 1 is 1.46 bits per heavy atom. The molecule has 1 N–H and O–H groups in total. The van der Waals surface area contributed by atoms with Crippen molar-refractivity contribution in [1.29, 1.82) is 0 Å². The van der Waals surface area contributed by atoms with Gasteiger partial charge in [0, 0.05) is 5.02 Å². The van der Waals surface area contributed by atoms with E-state index in [2.05, 4.69) is 0 Å². The second-order valence-electron chi connectivity index (χ2n) is 3.31. The third kappa shape index (κ3) is 1.68. The van der Waals surface area contributed by atoms with E-state index in [4.69, 9.17) is 16.7 Å². The number of aromatic carboxylic acids is 1. The van der Waals surface area contributed by atoms with Crippen molar-refractivity contribution in [1.82, 2.24) is 0 Å². The first-order valence-electron chi connectivity index (χ1n) is 4.21. The first-order valence-corrected chi connectivity index (χ1v) is 4.59. The summed E-state index contributed by atoms with van der Waals surface area (Å²) >= 11 is 5.80. The van der Waals surface area contributed by atoms with Crippen molar-refractivity contribution in [3.05, 3.63) is 34.3 Å². The zero-order valence-electron chi connectivity index (χ0n) is 6.96. The molecule has 0 heterocycles. The molecule has 2 nitrogen and oxygen atoms in total. The van der Waals surface area contributed by atoms with Crippen LogP contribution in [0.5, 0.6) is 0 Å². The lowest BCUT2D eigenvalue weighted by Crippen LogP contribution is -2.00. The topological polar surface area (TPSA) is 37.3 Å². The molecule has 1 aliphatic carbocycles. The highest BCUT2D eigenvalue weighted by Crippen LogP contribution is 2.42. The second-order valence-corrected chi connectivity index (χ2v) is 3.75. The van der Waals surface area contributed by atoms with Gasteiger partial charge >= 0.3 is 5.97 Å². The Morgan fingerprint density at radius 2 is 2.15 bits per heavy atom. The number of carboxylic acids is 1. The molecule has 13 heavy (non-hydrogen) atoms. The summed E-state index contributed by atoms with van der Waals surface area (Å²) < 4.78 is 0. The van der Waals surface area contributed by atoms with E-state index in [0.717, 1.165) is 18.4 Å². The van der Waals surface area contributed by atoms with E-state index in [0.29, 0.717) is 16.5 Å². The quantitative estimate of drug-likeness (QED) is 0.790. The SMILES string of the molecule is O=C(O)c1ccc(Cl)cc1C1CC1. The molecule has 0 spiro atoms. The summed E-state index contributed by atoms with van der Waals surface area (Å²) in [5.41, 5.74) is 1.28. The number of hydrogen-bond donors (Lipinski definition) is 1. The smallest absolute Gasteiger partial charge is 0.335 e. The average molecular weight is 197 g/mol. The van der Waals surface area contributed by atoms with Gasteiger partial charge in [-0.15, -0.1) is 0 Å². The summed E-state index contributed by atoms with van der Waals surface area (Å²) in [7, 11) is 0. The summed E-state index contributed by atoms with van der Waals surface area (Å²) in [5, 5.41) is 9.51. The molecular formula is C10H9ClO2. The maximum Gasteiger partial charge on any atom is 0.335 e. The van der Waals surface area contributed by atoms with Crippen molar-refractivity contribution in [3.63, 3.8) is 0 Å². The third-order valence-electron chi connectivity index (χ3n) is 2.26. The van der Waals surface area contributed by atoms with Gasteiger partial charge in [-0.25, -0.2) is 4.79 Å². The van der Waals surface area contributed by atoms with Crippen LogP contribution in [0.25, 0.3) is 0 Å². The van der Waals surface area contributed by atoms with Crippen LogP contribution in [0.15, 0.2) is 18.2 Å². The Labute approximate surface area is 81.1 Å². The summed E-state index contributed by atoms with van der Waals surface area (Å²) in [6, 6.07) is 4.97. The number of hydrogen-bond acceptors (Lipinski definition) is 1. The Kier molecular flexibility index (Phi) is 2.00. The molecule has 0 atom stereocenters. The van der Waals surface area contributed by atoms with Gasteiger partial charge in [0.1, 0.15) is 0 Å². The first kappa shape index (κ1) is 8.57. The number of carboxylic acid groups (broad SMARTS) is 1. The molecule has 1 aromatic carbocycles. The number of halogens is 1. The molecule has 0 saturated heterocycles.